The maximum Gasteiger partial charge on any atom is 0.144 e. The topological polar surface area (TPSA) is 48.7 Å². The Bertz CT molecular complexity index is 483. The van der Waals surface area contributed by atoms with Crippen LogP contribution in [0, 0.1) is 18.3 Å². The van der Waals surface area contributed by atoms with Gasteiger partial charge in [0, 0.05) is 12.2 Å². The first-order chi connectivity index (χ1) is 8.79. The minimum atomic E-state index is 0.623. The first-order valence-corrected chi connectivity index (χ1v) is 6.59. The van der Waals surface area contributed by atoms with Crippen LogP contribution in [0.25, 0.3) is 0 Å². The number of hydrogen-bond donors (Lipinski definition) is 1. The van der Waals surface area contributed by atoms with Gasteiger partial charge in [0.1, 0.15) is 11.9 Å². The number of allylic oxidation sites excluding steroid dienone is 1. The molecule has 1 aromatic rings. The van der Waals surface area contributed by atoms with Gasteiger partial charge in [-0.3, -0.25) is 0 Å². The predicted octanol–water partition coefficient (Wildman–Crippen LogP) is 3.56. The van der Waals surface area contributed by atoms with Crippen LogP contribution in [0.4, 0.5) is 5.82 Å². The van der Waals surface area contributed by atoms with Gasteiger partial charge in [0.15, 0.2) is 0 Å². The van der Waals surface area contributed by atoms with Gasteiger partial charge in [-0.15, -0.1) is 0 Å². The summed E-state index contributed by atoms with van der Waals surface area (Å²) >= 11 is 0. The molecule has 0 bridgehead atoms. The Labute approximate surface area is 109 Å². The molecule has 0 unspecified atom stereocenters. The molecule has 0 atom stereocenters. The number of hydrogen-bond acceptors (Lipinski definition) is 3. The van der Waals surface area contributed by atoms with Crippen LogP contribution in [0.5, 0.6) is 0 Å². The molecule has 1 heterocycles. The number of rotatable bonds is 4. The van der Waals surface area contributed by atoms with Gasteiger partial charge in [0.2, 0.25) is 0 Å². The molecular weight excluding hydrogens is 222 g/mol. The molecule has 0 aromatic carbocycles. The molecular formula is C15H19N3. The number of nitriles is 1. The summed E-state index contributed by atoms with van der Waals surface area (Å²) < 4.78 is 0. The van der Waals surface area contributed by atoms with Gasteiger partial charge in [-0.25, -0.2) is 4.98 Å². The summed E-state index contributed by atoms with van der Waals surface area (Å²) in [6.45, 7) is 2.80. The second-order valence-corrected chi connectivity index (χ2v) is 4.75. The Morgan fingerprint density at radius 1 is 1.39 bits per heavy atom. The monoisotopic (exact) mass is 241 g/mol. The summed E-state index contributed by atoms with van der Waals surface area (Å²) in [6.07, 6.45) is 8.52. The van der Waals surface area contributed by atoms with Crippen LogP contribution < -0.4 is 5.32 Å². The van der Waals surface area contributed by atoms with Crippen LogP contribution in [0.1, 0.15) is 43.4 Å². The lowest BCUT2D eigenvalue weighted by Crippen LogP contribution is -2.07. The third-order valence-corrected chi connectivity index (χ3v) is 3.28. The zero-order valence-corrected chi connectivity index (χ0v) is 10.9. The van der Waals surface area contributed by atoms with Crippen molar-refractivity contribution in [3.05, 3.63) is 35.0 Å². The van der Waals surface area contributed by atoms with Crippen LogP contribution >= 0.6 is 0 Å². The molecule has 0 aliphatic heterocycles. The minimum Gasteiger partial charge on any atom is -0.369 e. The first-order valence-electron chi connectivity index (χ1n) is 6.59. The summed E-state index contributed by atoms with van der Waals surface area (Å²) in [5.74, 6) is 0.717. The maximum absolute atomic E-state index is 9.02. The smallest absolute Gasteiger partial charge is 0.144 e. The quantitative estimate of drug-likeness (QED) is 0.820. The Morgan fingerprint density at radius 2 is 2.28 bits per heavy atom. The summed E-state index contributed by atoms with van der Waals surface area (Å²) in [6, 6.07) is 5.86. The molecule has 94 valence electrons. The fraction of sp³-hybridized carbons (Fsp3) is 0.467. The van der Waals surface area contributed by atoms with Gasteiger partial charge in [-0.1, -0.05) is 11.6 Å². The largest absolute Gasteiger partial charge is 0.369 e. The molecule has 1 N–H and O–H groups in total. The van der Waals surface area contributed by atoms with Crippen molar-refractivity contribution in [3.63, 3.8) is 0 Å². The molecule has 1 aromatic heterocycles. The van der Waals surface area contributed by atoms with Gasteiger partial charge < -0.3 is 5.32 Å². The van der Waals surface area contributed by atoms with Crippen molar-refractivity contribution in [1.29, 1.82) is 5.26 Å². The van der Waals surface area contributed by atoms with E-state index in [1.807, 2.05) is 19.1 Å². The second kappa shape index (κ2) is 6.20. The van der Waals surface area contributed by atoms with E-state index in [2.05, 4.69) is 22.4 Å². The van der Waals surface area contributed by atoms with Crippen molar-refractivity contribution in [3.8, 4) is 6.07 Å². The molecule has 0 saturated heterocycles. The highest BCUT2D eigenvalue weighted by molar-refractivity contribution is 5.52. The average Bonchev–Trinajstić information content (AvgIpc) is 2.40. The average molecular weight is 241 g/mol. The highest BCUT2D eigenvalue weighted by atomic mass is 15.0. The van der Waals surface area contributed by atoms with Crippen LogP contribution in [-0.2, 0) is 0 Å². The van der Waals surface area contributed by atoms with Crippen molar-refractivity contribution < 1.29 is 0 Å². The Morgan fingerprint density at radius 3 is 3.00 bits per heavy atom. The SMILES string of the molecule is Cc1ccc(C#N)c(NCCC2=CCCCC2)n1. The number of nitrogens with zero attached hydrogens (tertiary/aromatic N) is 2. The molecule has 1 aliphatic carbocycles. The van der Waals surface area contributed by atoms with Crippen LogP contribution in [0.15, 0.2) is 23.8 Å². The predicted molar refractivity (Wildman–Crippen MR) is 73.3 cm³/mol. The van der Waals surface area contributed by atoms with E-state index in [0.717, 1.165) is 18.7 Å². The van der Waals surface area contributed by atoms with Crippen LogP contribution in [0.3, 0.4) is 0 Å². The standard InChI is InChI=1S/C15H19N3/c1-12-7-8-14(11-16)15(18-12)17-10-9-13-5-3-2-4-6-13/h5,7-8H,2-4,6,9-10H2,1H3,(H,17,18). The van der Waals surface area contributed by atoms with E-state index < -0.39 is 0 Å². The van der Waals surface area contributed by atoms with Gasteiger partial charge in [-0.2, -0.15) is 5.26 Å². The molecule has 0 radical (unpaired) electrons. The molecule has 0 amide bonds. The lowest BCUT2D eigenvalue weighted by Gasteiger charge is -2.13. The van der Waals surface area contributed by atoms with Crippen molar-refractivity contribution in [1.82, 2.24) is 4.98 Å². The van der Waals surface area contributed by atoms with Crippen LogP contribution in [-0.4, -0.2) is 11.5 Å². The van der Waals surface area contributed by atoms with E-state index in [4.69, 9.17) is 5.26 Å². The third-order valence-electron chi connectivity index (χ3n) is 3.28. The van der Waals surface area contributed by atoms with Crippen LogP contribution in [0.2, 0.25) is 0 Å². The van der Waals surface area contributed by atoms with Gasteiger partial charge in [0.25, 0.3) is 0 Å². The normalized spacial score (nSPS) is 14.8. The highest BCUT2D eigenvalue weighted by Gasteiger charge is 2.06. The van der Waals surface area contributed by atoms with Crippen molar-refractivity contribution >= 4 is 5.82 Å². The zero-order valence-electron chi connectivity index (χ0n) is 10.9. The lowest BCUT2D eigenvalue weighted by molar-refractivity contribution is 0.679. The van der Waals surface area contributed by atoms with E-state index in [1.165, 1.54) is 25.7 Å². The van der Waals surface area contributed by atoms with Crippen molar-refractivity contribution in [2.24, 2.45) is 0 Å². The first kappa shape index (κ1) is 12.6. The number of anilines is 1. The van der Waals surface area contributed by atoms with E-state index in [0.29, 0.717) is 11.4 Å². The number of aromatic nitrogens is 1. The fourth-order valence-corrected chi connectivity index (χ4v) is 2.25. The third kappa shape index (κ3) is 3.33. The van der Waals surface area contributed by atoms with Gasteiger partial charge in [0.05, 0.1) is 5.56 Å². The molecule has 3 nitrogen and oxygen atoms in total. The highest BCUT2D eigenvalue weighted by Crippen LogP contribution is 2.20. The van der Waals surface area contributed by atoms with Crippen molar-refractivity contribution in [2.45, 2.75) is 39.0 Å². The van der Waals surface area contributed by atoms with Gasteiger partial charge >= 0.3 is 0 Å². The Hall–Kier alpha value is -1.82. The summed E-state index contributed by atoms with van der Waals surface area (Å²) in [5.41, 5.74) is 3.10. The number of pyridine rings is 1. The Kier molecular flexibility index (Phi) is 4.35. The number of nitrogens with one attached hydrogen (secondary N) is 1. The van der Waals surface area contributed by atoms with E-state index in [9.17, 15) is 0 Å². The molecule has 0 spiro atoms. The lowest BCUT2D eigenvalue weighted by atomic mass is 9.97. The summed E-state index contributed by atoms with van der Waals surface area (Å²) in [5, 5.41) is 12.3. The zero-order chi connectivity index (χ0) is 12.8. The fourth-order valence-electron chi connectivity index (χ4n) is 2.25. The summed E-state index contributed by atoms with van der Waals surface area (Å²) in [7, 11) is 0. The van der Waals surface area contributed by atoms with Crippen molar-refractivity contribution in [2.75, 3.05) is 11.9 Å². The molecule has 0 saturated carbocycles. The molecule has 0 fully saturated rings. The van der Waals surface area contributed by atoms with E-state index in [-0.39, 0.29) is 0 Å². The summed E-state index contributed by atoms with van der Waals surface area (Å²) in [4.78, 5) is 4.37. The minimum absolute atomic E-state index is 0.623. The second-order valence-electron chi connectivity index (χ2n) is 4.75. The Balaban J connectivity index is 1.92. The molecule has 2 rings (SSSR count). The van der Waals surface area contributed by atoms with E-state index in [1.54, 1.807) is 5.57 Å². The molecule has 18 heavy (non-hydrogen) atoms. The van der Waals surface area contributed by atoms with Gasteiger partial charge in [-0.05, 0) is 51.2 Å². The maximum atomic E-state index is 9.02. The van der Waals surface area contributed by atoms with E-state index >= 15 is 0 Å². The molecule has 1 aliphatic rings. The number of aryl methyl sites for hydroxylation is 1. The molecule has 3 heteroatoms.